The maximum atomic E-state index is 12.2. The van der Waals surface area contributed by atoms with E-state index in [1.807, 2.05) is 11.1 Å². The number of amides is 1. The van der Waals surface area contributed by atoms with Crippen LogP contribution in [0.5, 0.6) is 0 Å². The van der Waals surface area contributed by atoms with Gasteiger partial charge in [0.2, 0.25) is 5.91 Å². The van der Waals surface area contributed by atoms with Crippen LogP contribution in [0.25, 0.3) is 22.0 Å². The highest BCUT2D eigenvalue weighted by Gasteiger charge is 2.55. The number of carbonyl (C=O) groups is 1. The fourth-order valence-electron chi connectivity index (χ4n) is 8.56. The number of aryl methyl sites for hydroxylation is 1. The summed E-state index contributed by atoms with van der Waals surface area (Å²) in [5.41, 5.74) is 5.19. The quantitative estimate of drug-likeness (QED) is 0.343. The van der Waals surface area contributed by atoms with Crippen LogP contribution in [-0.2, 0) is 14.3 Å². The smallest absolute Gasteiger partial charge is 0.245 e. The summed E-state index contributed by atoms with van der Waals surface area (Å²) in [6.45, 7) is 17.0. The van der Waals surface area contributed by atoms with E-state index in [0.717, 1.165) is 122 Å². The Kier molecular flexibility index (Phi) is 7.99. The van der Waals surface area contributed by atoms with Gasteiger partial charge < -0.3 is 19.3 Å². The van der Waals surface area contributed by atoms with Gasteiger partial charge in [-0.25, -0.2) is 0 Å². The number of H-pyrrole nitrogens is 1. The molecule has 1 atom stereocenters. The summed E-state index contributed by atoms with van der Waals surface area (Å²) in [4.78, 5) is 19.3. The lowest BCUT2D eigenvalue weighted by Gasteiger charge is -2.58. The van der Waals surface area contributed by atoms with Crippen LogP contribution in [0.4, 0.5) is 5.82 Å². The first kappa shape index (κ1) is 30.7. The second-order valence-electron chi connectivity index (χ2n) is 14.1. The molecule has 7 rings (SSSR count). The Hall–Kier alpha value is -2.92. The number of anilines is 1. The molecule has 11 heteroatoms. The fourth-order valence-corrected chi connectivity index (χ4v) is 8.82. The Morgan fingerprint density at radius 2 is 1.93 bits per heavy atom. The van der Waals surface area contributed by atoms with E-state index < -0.39 is 0 Å². The van der Waals surface area contributed by atoms with Gasteiger partial charge in [-0.2, -0.15) is 10.2 Å². The van der Waals surface area contributed by atoms with Crippen molar-refractivity contribution >= 4 is 34.2 Å². The lowest BCUT2D eigenvalue weighted by Crippen LogP contribution is -2.64. The summed E-state index contributed by atoms with van der Waals surface area (Å²) in [5, 5.41) is 14.8. The zero-order valence-electron chi connectivity index (χ0n) is 27.1. The van der Waals surface area contributed by atoms with E-state index in [-0.39, 0.29) is 22.9 Å². The van der Waals surface area contributed by atoms with Crippen molar-refractivity contribution in [1.82, 2.24) is 29.8 Å². The van der Waals surface area contributed by atoms with Crippen LogP contribution >= 0.6 is 11.6 Å². The standard InChI is InChI=1S/C34H46ClN7O3/c1-6-28(43)40-20-34(21-40)16-25(17-34)42-23(3)29(30-26-18-36-37-27(26)15-22(2)31(30)35)32(38-42)41-11-10-39(24-7-12-45-13-8-24)19-33(41,4)9-14-44-5/h6,15,18,24-25H,1,7-14,16-17,19-21H2,2-5H3,(H,36,37)/t33-/m0/s1. The van der Waals surface area contributed by atoms with Gasteiger partial charge in [-0.05, 0) is 70.6 Å². The average Bonchev–Trinajstić information content (AvgIpc) is 3.59. The Balaban J connectivity index is 1.29. The fraction of sp³-hybridized carbons (Fsp3) is 0.618. The topological polar surface area (TPSA) is 91.8 Å². The normalized spacial score (nSPS) is 24.3. The molecule has 0 unspecified atom stereocenters. The number of rotatable bonds is 8. The summed E-state index contributed by atoms with van der Waals surface area (Å²) in [7, 11) is 1.79. The van der Waals surface area contributed by atoms with Crippen LogP contribution < -0.4 is 4.90 Å². The second kappa shape index (κ2) is 11.7. The number of nitrogens with one attached hydrogen (secondary N) is 1. The minimum Gasteiger partial charge on any atom is -0.385 e. The summed E-state index contributed by atoms with van der Waals surface area (Å²) < 4.78 is 13.6. The van der Waals surface area contributed by atoms with Gasteiger partial charge in [0.05, 0.1) is 28.3 Å². The molecule has 1 N–H and O–H groups in total. The number of methoxy groups -OCH3 is 1. The van der Waals surface area contributed by atoms with Crippen molar-refractivity contribution in [3.8, 4) is 11.1 Å². The van der Waals surface area contributed by atoms with E-state index >= 15 is 0 Å². The van der Waals surface area contributed by atoms with Gasteiger partial charge in [-0.15, -0.1) is 0 Å². The minimum atomic E-state index is -0.195. The number of aromatic amines is 1. The molecule has 242 valence electrons. The van der Waals surface area contributed by atoms with Gasteiger partial charge in [0.15, 0.2) is 5.82 Å². The van der Waals surface area contributed by atoms with Gasteiger partial charge in [-0.1, -0.05) is 18.2 Å². The van der Waals surface area contributed by atoms with E-state index in [2.05, 4.69) is 58.1 Å². The third-order valence-corrected chi connectivity index (χ3v) is 11.6. The molecule has 1 spiro atoms. The molecule has 4 fully saturated rings. The Bertz CT molecular complexity index is 1600. The average molecular weight is 636 g/mol. The molecular formula is C34H46ClN7O3. The number of likely N-dealkylation sites (tertiary alicyclic amines) is 1. The van der Waals surface area contributed by atoms with Crippen molar-refractivity contribution in [2.24, 2.45) is 5.41 Å². The summed E-state index contributed by atoms with van der Waals surface area (Å²) in [6.07, 6.45) is 8.38. The van der Waals surface area contributed by atoms with Gasteiger partial charge in [-0.3, -0.25) is 19.5 Å². The minimum absolute atomic E-state index is 0.0253. The number of piperazine rings is 1. The van der Waals surface area contributed by atoms with Crippen LogP contribution in [0.15, 0.2) is 24.9 Å². The van der Waals surface area contributed by atoms with Crippen molar-refractivity contribution in [1.29, 1.82) is 0 Å². The van der Waals surface area contributed by atoms with Crippen molar-refractivity contribution in [2.75, 3.05) is 64.6 Å². The summed E-state index contributed by atoms with van der Waals surface area (Å²) in [6, 6.07) is 2.89. The molecular weight excluding hydrogens is 590 g/mol. The molecule has 4 aliphatic rings. The van der Waals surface area contributed by atoms with Crippen LogP contribution in [0.1, 0.15) is 56.3 Å². The molecule has 3 aliphatic heterocycles. The zero-order chi connectivity index (χ0) is 31.5. The second-order valence-corrected chi connectivity index (χ2v) is 14.5. The first-order chi connectivity index (χ1) is 21.7. The summed E-state index contributed by atoms with van der Waals surface area (Å²) >= 11 is 7.22. The maximum absolute atomic E-state index is 12.2. The van der Waals surface area contributed by atoms with Gasteiger partial charge in [0.25, 0.3) is 0 Å². The highest BCUT2D eigenvalue weighted by atomic mass is 35.5. The molecule has 2 aromatic heterocycles. The third-order valence-electron chi connectivity index (χ3n) is 11.1. The van der Waals surface area contributed by atoms with Crippen molar-refractivity contribution in [2.45, 2.75) is 70.5 Å². The van der Waals surface area contributed by atoms with Crippen LogP contribution in [0.2, 0.25) is 5.02 Å². The number of ether oxygens (including phenoxy) is 2. The molecule has 10 nitrogen and oxygen atoms in total. The first-order valence-corrected chi connectivity index (χ1v) is 16.8. The summed E-state index contributed by atoms with van der Waals surface area (Å²) in [5.74, 6) is 1.02. The Morgan fingerprint density at radius 1 is 1.18 bits per heavy atom. The Labute approximate surface area is 270 Å². The molecule has 45 heavy (non-hydrogen) atoms. The monoisotopic (exact) mass is 635 g/mol. The van der Waals surface area contributed by atoms with E-state index in [1.165, 1.54) is 6.08 Å². The number of nitrogens with zero attached hydrogens (tertiary/aromatic N) is 6. The number of hydrogen-bond donors (Lipinski definition) is 1. The first-order valence-electron chi connectivity index (χ1n) is 16.4. The number of aromatic nitrogens is 4. The molecule has 5 heterocycles. The van der Waals surface area contributed by atoms with Crippen LogP contribution in [0.3, 0.4) is 0 Å². The SMILES string of the molecule is C=CC(=O)N1CC2(CC(n3nc(N4CCN(C5CCOCC5)C[C@]4(C)CCOC)c(-c4c(Cl)c(C)cc5[nH]ncc45)c3C)C2)C1. The molecule has 0 bridgehead atoms. The van der Waals surface area contributed by atoms with E-state index in [4.69, 9.17) is 26.2 Å². The van der Waals surface area contributed by atoms with E-state index in [1.54, 1.807) is 7.11 Å². The molecule has 0 radical (unpaired) electrons. The molecule has 1 amide bonds. The van der Waals surface area contributed by atoms with Crippen LogP contribution in [-0.4, -0.2) is 107 Å². The van der Waals surface area contributed by atoms with Crippen molar-refractivity contribution in [3.05, 3.63) is 41.2 Å². The molecule has 3 saturated heterocycles. The van der Waals surface area contributed by atoms with E-state index in [0.29, 0.717) is 12.6 Å². The lowest BCUT2D eigenvalue weighted by molar-refractivity contribution is -0.149. The number of halogens is 1. The zero-order valence-corrected chi connectivity index (χ0v) is 27.8. The number of carbonyl (C=O) groups excluding carboxylic acids is 1. The number of benzene rings is 1. The van der Waals surface area contributed by atoms with E-state index in [9.17, 15) is 4.79 Å². The third kappa shape index (κ3) is 5.18. The highest BCUT2D eigenvalue weighted by Crippen LogP contribution is 2.56. The predicted octanol–water partition coefficient (Wildman–Crippen LogP) is 5.14. The predicted molar refractivity (Wildman–Crippen MR) is 177 cm³/mol. The lowest BCUT2D eigenvalue weighted by atomic mass is 9.60. The largest absolute Gasteiger partial charge is 0.385 e. The maximum Gasteiger partial charge on any atom is 0.245 e. The number of fused-ring (bicyclic) bond motifs is 1. The van der Waals surface area contributed by atoms with Gasteiger partial charge >= 0.3 is 0 Å². The molecule has 3 aromatic rings. The molecule has 1 aromatic carbocycles. The van der Waals surface area contributed by atoms with Crippen molar-refractivity contribution in [3.63, 3.8) is 0 Å². The number of hydrogen-bond acceptors (Lipinski definition) is 7. The Morgan fingerprint density at radius 3 is 2.64 bits per heavy atom. The molecule has 1 saturated carbocycles. The van der Waals surface area contributed by atoms with Gasteiger partial charge in [0, 0.05) is 93.3 Å². The van der Waals surface area contributed by atoms with Crippen molar-refractivity contribution < 1.29 is 14.3 Å². The van der Waals surface area contributed by atoms with Crippen LogP contribution in [0, 0.1) is 19.3 Å². The van der Waals surface area contributed by atoms with Gasteiger partial charge in [0.1, 0.15) is 0 Å². The highest BCUT2D eigenvalue weighted by molar-refractivity contribution is 6.36. The molecule has 1 aliphatic carbocycles.